The van der Waals surface area contributed by atoms with Gasteiger partial charge in [-0.25, -0.2) is 0 Å². The van der Waals surface area contributed by atoms with Gasteiger partial charge in [0.25, 0.3) is 0 Å². The van der Waals surface area contributed by atoms with Crippen molar-refractivity contribution < 1.29 is 8.95 Å². The molecular formula is C13H18BrNO2S. The number of ether oxygens (including phenoxy) is 1. The molecule has 0 saturated carbocycles. The Balaban J connectivity index is 2.04. The topological polar surface area (TPSA) is 52.3 Å². The van der Waals surface area contributed by atoms with Crippen LogP contribution in [-0.2, 0) is 15.5 Å². The monoisotopic (exact) mass is 331 g/mol. The molecule has 0 radical (unpaired) electrons. The first kappa shape index (κ1) is 14.0. The fourth-order valence-electron chi connectivity index (χ4n) is 2.18. The zero-order chi connectivity index (χ0) is 13.3. The molecule has 2 atom stereocenters. The molecule has 2 rings (SSSR count). The fourth-order valence-corrected chi connectivity index (χ4v) is 3.85. The first-order valence-electron chi connectivity index (χ1n) is 5.99. The number of anilines is 1. The molecular weight excluding hydrogens is 314 g/mol. The highest BCUT2D eigenvalue weighted by atomic mass is 79.9. The number of hydrogen-bond donors (Lipinski definition) is 1. The summed E-state index contributed by atoms with van der Waals surface area (Å²) in [4.78, 5) is 0.700. The van der Waals surface area contributed by atoms with E-state index in [9.17, 15) is 4.21 Å². The number of nitrogen functional groups attached to an aromatic ring is 1. The molecule has 18 heavy (non-hydrogen) atoms. The van der Waals surface area contributed by atoms with E-state index in [1.807, 2.05) is 12.1 Å². The fraction of sp³-hybridized carbons (Fsp3) is 0.538. The summed E-state index contributed by atoms with van der Waals surface area (Å²) in [5, 5.41) is 0. The number of benzene rings is 1. The zero-order valence-electron chi connectivity index (χ0n) is 10.6. The third-order valence-electron chi connectivity index (χ3n) is 3.11. The summed E-state index contributed by atoms with van der Waals surface area (Å²) in [7, 11) is -1.10. The van der Waals surface area contributed by atoms with Crippen LogP contribution in [0.15, 0.2) is 27.6 Å². The lowest BCUT2D eigenvalue weighted by Crippen LogP contribution is -2.23. The van der Waals surface area contributed by atoms with E-state index in [1.54, 1.807) is 6.07 Å². The van der Waals surface area contributed by atoms with Gasteiger partial charge in [-0.3, -0.25) is 4.21 Å². The van der Waals surface area contributed by atoms with Gasteiger partial charge < -0.3 is 10.5 Å². The Kier molecular flexibility index (Phi) is 4.14. The zero-order valence-corrected chi connectivity index (χ0v) is 13.0. The van der Waals surface area contributed by atoms with Gasteiger partial charge in [0.15, 0.2) is 0 Å². The second-order valence-electron chi connectivity index (χ2n) is 5.23. The predicted molar refractivity (Wildman–Crippen MR) is 78.0 cm³/mol. The Morgan fingerprint density at radius 3 is 2.83 bits per heavy atom. The van der Waals surface area contributed by atoms with Crippen LogP contribution in [0.25, 0.3) is 0 Å². The van der Waals surface area contributed by atoms with Gasteiger partial charge in [0.05, 0.1) is 33.2 Å². The molecule has 5 heteroatoms. The van der Waals surface area contributed by atoms with Crippen molar-refractivity contribution >= 4 is 32.4 Å². The first-order chi connectivity index (χ1) is 8.37. The van der Waals surface area contributed by atoms with Gasteiger partial charge in [-0.1, -0.05) is 15.9 Å². The highest BCUT2D eigenvalue weighted by Crippen LogP contribution is 2.31. The number of hydrogen-bond acceptors (Lipinski definition) is 3. The second kappa shape index (κ2) is 5.31. The minimum Gasteiger partial charge on any atom is -0.398 e. The van der Waals surface area contributed by atoms with Crippen LogP contribution in [0.2, 0.25) is 0 Å². The van der Waals surface area contributed by atoms with Crippen molar-refractivity contribution in [2.75, 3.05) is 11.5 Å². The van der Waals surface area contributed by atoms with Crippen molar-refractivity contribution in [3.8, 4) is 0 Å². The maximum absolute atomic E-state index is 12.3. The van der Waals surface area contributed by atoms with Gasteiger partial charge in [-0.2, -0.15) is 0 Å². The van der Waals surface area contributed by atoms with Gasteiger partial charge in [0, 0.05) is 10.2 Å². The molecule has 100 valence electrons. The molecule has 3 nitrogen and oxygen atoms in total. The molecule has 2 N–H and O–H groups in total. The minimum atomic E-state index is -1.10. The largest absolute Gasteiger partial charge is 0.398 e. The van der Waals surface area contributed by atoms with Crippen molar-refractivity contribution in [1.82, 2.24) is 0 Å². The third kappa shape index (κ3) is 3.33. The highest BCUT2D eigenvalue weighted by molar-refractivity contribution is 9.10. The van der Waals surface area contributed by atoms with Crippen molar-refractivity contribution in [2.45, 2.75) is 43.3 Å². The Morgan fingerprint density at radius 2 is 2.28 bits per heavy atom. The van der Waals surface area contributed by atoms with Crippen molar-refractivity contribution in [1.29, 1.82) is 0 Å². The van der Waals surface area contributed by atoms with Crippen molar-refractivity contribution in [3.63, 3.8) is 0 Å². The highest BCUT2D eigenvalue weighted by Gasteiger charge is 2.32. The van der Waals surface area contributed by atoms with E-state index >= 15 is 0 Å². The molecule has 1 aliphatic heterocycles. The van der Waals surface area contributed by atoms with E-state index in [2.05, 4.69) is 29.8 Å². The molecule has 2 unspecified atom stereocenters. The van der Waals surface area contributed by atoms with Crippen LogP contribution in [0.4, 0.5) is 5.69 Å². The van der Waals surface area contributed by atoms with Gasteiger partial charge in [-0.05, 0) is 44.9 Å². The molecule has 1 heterocycles. The molecule has 0 aliphatic carbocycles. The first-order valence-corrected chi connectivity index (χ1v) is 8.10. The van der Waals surface area contributed by atoms with Crippen molar-refractivity contribution in [2.24, 2.45) is 0 Å². The Labute approximate surface area is 119 Å². The maximum Gasteiger partial charge on any atom is 0.0702 e. The van der Waals surface area contributed by atoms with Crippen LogP contribution in [-0.4, -0.2) is 21.7 Å². The lowest BCUT2D eigenvalue weighted by atomic mass is 10.1. The molecule has 1 aliphatic rings. The summed E-state index contributed by atoms with van der Waals surface area (Å²) < 4.78 is 19.0. The molecule has 0 spiro atoms. The van der Waals surface area contributed by atoms with Crippen molar-refractivity contribution in [3.05, 3.63) is 22.7 Å². The van der Waals surface area contributed by atoms with Crippen LogP contribution in [0, 0.1) is 0 Å². The standard InChI is InChI=1S/C13H18BrNO2S/c1-13(2)6-5-10(17-13)8-18(16)12-4-3-9(14)7-11(12)15/h3-4,7,10H,5-6,8,15H2,1-2H3. The lowest BCUT2D eigenvalue weighted by Gasteiger charge is -2.19. The summed E-state index contributed by atoms with van der Waals surface area (Å²) in [6.07, 6.45) is 2.06. The average molecular weight is 332 g/mol. The molecule has 1 aromatic carbocycles. The van der Waals surface area contributed by atoms with Gasteiger partial charge in [0.1, 0.15) is 0 Å². The molecule has 0 aromatic heterocycles. The number of halogens is 1. The van der Waals surface area contributed by atoms with Gasteiger partial charge in [0.2, 0.25) is 0 Å². The SMILES string of the molecule is CC1(C)CCC(CS(=O)c2ccc(Br)cc2N)O1. The summed E-state index contributed by atoms with van der Waals surface area (Å²) in [6.45, 7) is 4.15. The average Bonchev–Trinajstić information content (AvgIpc) is 2.57. The summed E-state index contributed by atoms with van der Waals surface area (Å²) >= 11 is 3.34. The normalized spacial score (nSPS) is 24.1. The summed E-state index contributed by atoms with van der Waals surface area (Å²) in [5.74, 6) is 0.523. The molecule has 1 saturated heterocycles. The van der Waals surface area contributed by atoms with Crippen LogP contribution in [0.3, 0.4) is 0 Å². The van der Waals surface area contributed by atoms with Crippen LogP contribution >= 0.6 is 15.9 Å². The summed E-state index contributed by atoms with van der Waals surface area (Å²) in [6, 6.07) is 5.46. The molecule has 1 fully saturated rings. The van der Waals surface area contributed by atoms with Crippen LogP contribution in [0.1, 0.15) is 26.7 Å². The van der Waals surface area contributed by atoms with Crippen LogP contribution < -0.4 is 5.73 Å². The van der Waals surface area contributed by atoms with E-state index in [0.29, 0.717) is 16.3 Å². The summed E-state index contributed by atoms with van der Waals surface area (Å²) in [5.41, 5.74) is 6.37. The van der Waals surface area contributed by atoms with E-state index in [4.69, 9.17) is 10.5 Å². The van der Waals surface area contributed by atoms with E-state index in [-0.39, 0.29) is 11.7 Å². The maximum atomic E-state index is 12.3. The smallest absolute Gasteiger partial charge is 0.0702 e. The predicted octanol–water partition coefficient (Wildman–Crippen LogP) is 3.10. The van der Waals surface area contributed by atoms with E-state index in [0.717, 1.165) is 17.3 Å². The lowest BCUT2D eigenvalue weighted by molar-refractivity contribution is -0.00498. The molecule has 1 aromatic rings. The number of nitrogens with two attached hydrogens (primary N) is 1. The Bertz CT molecular complexity index is 476. The number of rotatable bonds is 3. The third-order valence-corrected chi connectivity index (χ3v) is 5.14. The second-order valence-corrected chi connectivity index (χ2v) is 7.61. The Morgan fingerprint density at radius 1 is 1.56 bits per heavy atom. The van der Waals surface area contributed by atoms with Crippen LogP contribution in [0.5, 0.6) is 0 Å². The van der Waals surface area contributed by atoms with E-state index < -0.39 is 10.8 Å². The Hall–Kier alpha value is -0.390. The molecule has 0 bridgehead atoms. The molecule has 0 amide bonds. The van der Waals surface area contributed by atoms with E-state index in [1.165, 1.54) is 0 Å². The minimum absolute atomic E-state index is 0.0730. The van der Waals surface area contributed by atoms with Gasteiger partial charge in [-0.15, -0.1) is 0 Å². The quantitative estimate of drug-likeness (QED) is 0.866. The van der Waals surface area contributed by atoms with Gasteiger partial charge >= 0.3 is 0 Å².